The second kappa shape index (κ2) is 23.8. The fourth-order valence-electron chi connectivity index (χ4n) is 12.4. The highest BCUT2D eigenvalue weighted by Crippen LogP contribution is 2.51. The standard InChI is InChI=1S/C71H29F27N4/c72-63(73,74)38-5-13-43(53(26-38)68(87,88)89)33-1-9-48-49-10-2-34(44-14-6-39(64(75,76)77)27-54(44)69(90,91)92)23-59(49)101(58(48)22-33)57-18-17-47(37-19-32(30-99)20-42(21-37)67(84,85)86)62(52(57)31-100)102-60-24-35(45-15-7-40(65(78,79)80)28-55(45)70(93,94)95)3-11-50(60)51-12-4-36(25-61(51)102)46-16-8-41(66(81,82)83)29-56(46)71(96,97)98/h1-29H. The number of alkyl halides is 27. The van der Waals surface area contributed by atoms with Crippen molar-refractivity contribution in [1.82, 2.24) is 9.13 Å². The maximum atomic E-state index is 15.1. The van der Waals surface area contributed by atoms with Gasteiger partial charge in [0.2, 0.25) is 0 Å². The van der Waals surface area contributed by atoms with E-state index in [4.69, 9.17) is 0 Å². The molecule has 10 aromatic carbocycles. The van der Waals surface area contributed by atoms with Crippen molar-refractivity contribution in [3.8, 4) is 79.1 Å². The first-order valence-electron chi connectivity index (χ1n) is 28.7. The van der Waals surface area contributed by atoms with Crippen LogP contribution in [0.3, 0.4) is 0 Å². The topological polar surface area (TPSA) is 57.4 Å². The van der Waals surface area contributed by atoms with Crippen molar-refractivity contribution in [2.24, 2.45) is 0 Å². The Bertz CT molecular complexity index is 5270. The number of rotatable bonds is 7. The van der Waals surface area contributed by atoms with Crippen LogP contribution in [0.25, 0.3) is 111 Å². The van der Waals surface area contributed by atoms with Crippen LogP contribution in [0.5, 0.6) is 0 Å². The van der Waals surface area contributed by atoms with Gasteiger partial charge in [-0.15, -0.1) is 0 Å². The molecule has 0 saturated carbocycles. The van der Waals surface area contributed by atoms with Crippen molar-refractivity contribution in [3.05, 3.63) is 237 Å². The summed E-state index contributed by atoms with van der Waals surface area (Å²) in [6, 6.07) is 19.2. The van der Waals surface area contributed by atoms with Crippen molar-refractivity contribution in [3.63, 3.8) is 0 Å². The first kappa shape index (κ1) is 70.7. The summed E-state index contributed by atoms with van der Waals surface area (Å²) < 4.78 is 397. The fraction of sp³-hybridized carbons (Fsp3) is 0.127. The molecule has 0 aliphatic rings. The molecular formula is C71H29F27N4. The minimum Gasteiger partial charge on any atom is -0.308 e. The fourth-order valence-corrected chi connectivity index (χ4v) is 12.4. The van der Waals surface area contributed by atoms with E-state index in [-0.39, 0.29) is 70.1 Å². The molecule has 0 unspecified atom stereocenters. The molecule has 0 N–H and O–H groups in total. The number of hydrogen-bond donors (Lipinski definition) is 0. The molecule has 0 radical (unpaired) electrons. The van der Waals surface area contributed by atoms with E-state index in [0.29, 0.717) is 36.4 Å². The van der Waals surface area contributed by atoms with Crippen LogP contribution in [-0.4, -0.2) is 9.13 Å². The van der Waals surface area contributed by atoms with Crippen LogP contribution in [0.15, 0.2) is 176 Å². The molecule has 0 amide bonds. The van der Waals surface area contributed by atoms with Crippen molar-refractivity contribution in [2.75, 3.05) is 0 Å². The highest BCUT2D eigenvalue weighted by Gasteiger charge is 2.44. The van der Waals surface area contributed by atoms with E-state index >= 15 is 65.9 Å². The Labute approximate surface area is 552 Å². The Hall–Kier alpha value is -11.1. The maximum Gasteiger partial charge on any atom is 0.417 e. The number of fused-ring (bicyclic) bond motifs is 6. The summed E-state index contributed by atoms with van der Waals surface area (Å²) in [6.07, 6.45) is -49.5. The molecule has 0 aliphatic heterocycles. The van der Waals surface area contributed by atoms with Gasteiger partial charge in [0, 0.05) is 27.1 Å². The van der Waals surface area contributed by atoms with Crippen molar-refractivity contribution >= 4 is 43.6 Å². The van der Waals surface area contributed by atoms with Crippen LogP contribution >= 0.6 is 0 Å². The van der Waals surface area contributed by atoms with Gasteiger partial charge in [0.25, 0.3) is 0 Å². The second-order valence-electron chi connectivity index (χ2n) is 23.0. The van der Waals surface area contributed by atoms with Gasteiger partial charge in [-0.25, -0.2) is 0 Å². The molecular weight excluding hydrogens is 1420 g/mol. The largest absolute Gasteiger partial charge is 0.417 e. The van der Waals surface area contributed by atoms with Crippen LogP contribution in [0.2, 0.25) is 0 Å². The average molecular weight is 1450 g/mol. The Kier molecular flexibility index (Phi) is 16.5. The van der Waals surface area contributed by atoms with Gasteiger partial charge in [-0.2, -0.15) is 129 Å². The molecule has 2 aromatic heterocycles. The smallest absolute Gasteiger partial charge is 0.308 e. The highest BCUT2D eigenvalue weighted by molar-refractivity contribution is 6.14. The minimum atomic E-state index is -5.65. The molecule has 0 aliphatic carbocycles. The minimum absolute atomic E-state index is 0.185. The van der Waals surface area contributed by atoms with Crippen LogP contribution in [0.1, 0.15) is 61.2 Å². The molecule has 12 rings (SSSR count). The predicted octanol–water partition coefficient (Wildman–Crippen LogP) is 25.1. The monoisotopic (exact) mass is 1450 g/mol. The third-order valence-corrected chi connectivity index (χ3v) is 16.8. The Morgan fingerprint density at radius 1 is 0.235 bits per heavy atom. The number of nitrogens with zero attached hydrogens (tertiary/aromatic N) is 4. The van der Waals surface area contributed by atoms with Crippen molar-refractivity contribution in [2.45, 2.75) is 55.6 Å². The zero-order chi connectivity index (χ0) is 74.5. The lowest BCUT2D eigenvalue weighted by atomic mass is 9.94. The summed E-state index contributed by atoms with van der Waals surface area (Å²) in [5.41, 5.74) is -30.2. The molecule has 4 nitrogen and oxygen atoms in total. The molecule has 102 heavy (non-hydrogen) atoms. The summed E-state index contributed by atoms with van der Waals surface area (Å²) in [5, 5.41) is 21.3. The van der Waals surface area contributed by atoms with E-state index in [2.05, 4.69) is 0 Å². The lowest BCUT2D eigenvalue weighted by Crippen LogP contribution is -2.12. The first-order valence-corrected chi connectivity index (χ1v) is 28.7. The van der Waals surface area contributed by atoms with Crippen molar-refractivity contribution in [1.29, 1.82) is 10.5 Å². The van der Waals surface area contributed by atoms with Crippen LogP contribution in [-0.2, 0) is 55.6 Å². The van der Waals surface area contributed by atoms with Gasteiger partial charge in [0.15, 0.2) is 0 Å². The Balaban J connectivity index is 1.29. The molecule has 31 heteroatoms. The number of nitriles is 2. The van der Waals surface area contributed by atoms with E-state index in [1.807, 2.05) is 6.07 Å². The van der Waals surface area contributed by atoms with Gasteiger partial charge in [0.1, 0.15) is 11.6 Å². The summed E-state index contributed by atoms with van der Waals surface area (Å²) in [7, 11) is 0. The first-order chi connectivity index (χ1) is 47.2. The predicted molar refractivity (Wildman–Crippen MR) is 317 cm³/mol. The van der Waals surface area contributed by atoms with Crippen LogP contribution < -0.4 is 0 Å². The third kappa shape index (κ3) is 12.8. The Morgan fingerprint density at radius 2 is 0.520 bits per heavy atom. The zero-order valence-electron chi connectivity index (χ0n) is 49.7. The summed E-state index contributed by atoms with van der Waals surface area (Å²) in [5.74, 6) is 0. The molecule has 0 atom stereocenters. The van der Waals surface area contributed by atoms with Crippen LogP contribution in [0, 0.1) is 22.7 Å². The van der Waals surface area contributed by atoms with E-state index in [1.54, 1.807) is 0 Å². The molecule has 0 spiro atoms. The quantitative estimate of drug-likeness (QED) is 0.149. The number of aromatic nitrogens is 2. The van der Waals surface area contributed by atoms with Crippen molar-refractivity contribution < 1.29 is 119 Å². The van der Waals surface area contributed by atoms with Gasteiger partial charge in [-0.05, 0) is 147 Å². The Morgan fingerprint density at radius 3 is 0.784 bits per heavy atom. The van der Waals surface area contributed by atoms with E-state index < -0.39 is 206 Å². The number of benzene rings is 10. The average Bonchev–Trinajstić information content (AvgIpc) is 1.55. The molecule has 0 bridgehead atoms. The van der Waals surface area contributed by atoms with Gasteiger partial charge in [-0.3, -0.25) is 0 Å². The molecule has 12 aromatic rings. The second-order valence-corrected chi connectivity index (χ2v) is 23.0. The molecule has 0 fully saturated rings. The molecule has 522 valence electrons. The summed E-state index contributed by atoms with van der Waals surface area (Å²) in [4.78, 5) is 0. The lowest BCUT2D eigenvalue weighted by molar-refractivity contribution is -0.144. The SMILES string of the molecule is N#Cc1cc(-c2ccc(-n3c4cc(-c5ccc(C(F)(F)F)cc5C(F)(F)F)ccc4c4ccc(-c5ccc(C(F)(F)F)cc5C(F)(F)F)cc43)c(C#N)c2-n2c3cc(-c4ccc(C(F)(F)F)cc4C(F)(F)F)ccc3c3ccc(-c4ccc(C(F)(F)F)cc4C(F)(F)F)cc32)cc(C(F)(F)F)c1. The molecule has 2 heterocycles. The normalized spacial score (nSPS) is 13.2. The van der Waals surface area contributed by atoms with E-state index in [0.717, 1.165) is 100 Å². The van der Waals surface area contributed by atoms with Gasteiger partial charge in [0.05, 0.1) is 95.1 Å². The third-order valence-electron chi connectivity index (χ3n) is 16.8. The lowest BCUT2D eigenvalue weighted by Gasteiger charge is -2.22. The maximum absolute atomic E-state index is 15.1. The molecule has 0 saturated heterocycles. The van der Waals surface area contributed by atoms with Gasteiger partial charge in [-0.1, -0.05) is 78.9 Å². The van der Waals surface area contributed by atoms with Crippen LogP contribution in [0.4, 0.5) is 119 Å². The number of halogens is 27. The zero-order valence-corrected chi connectivity index (χ0v) is 49.7. The van der Waals surface area contributed by atoms with E-state index in [9.17, 15) is 63.2 Å². The van der Waals surface area contributed by atoms with E-state index in [1.165, 1.54) is 6.07 Å². The summed E-state index contributed by atoms with van der Waals surface area (Å²) >= 11 is 0. The number of hydrogen-bond acceptors (Lipinski definition) is 2. The highest BCUT2D eigenvalue weighted by atomic mass is 19.4. The van der Waals surface area contributed by atoms with Gasteiger partial charge < -0.3 is 9.13 Å². The van der Waals surface area contributed by atoms with Gasteiger partial charge >= 0.3 is 55.6 Å². The summed E-state index contributed by atoms with van der Waals surface area (Å²) in [6.45, 7) is 0.